The third-order valence-electron chi connectivity index (χ3n) is 1.89. The quantitative estimate of drug-likeness (QED) is 0.831. The van der Waals surface area contributed by atoms with Gasteiger partial charge in [0.25, 0.3) is 0 Å². The lowest BCUT2D eigenvalue weighted by molar-refractivity contribution is 1.05. The standard InChI is InChI=1S/C10H10ClN5S/c1-13-7-4-9(16-10(12)15-7)17-8-3-2-6(11)5-14-8/h2-5H,1H3,(H3,12,13,15,16). The van der Waals surface area contributed by atoms with Crippen molar-refractivity contribution >= 4 is 35.1 Å². The number of nitrogens with one attached hydrogen (secondary N) is 1. The molecule has 0 bridgehead atoms. The molecule has 3 N–H and O–H groups in total. The van der Waals surface area contributed by atoms with Crippen LogP contribution in [0.15, 0.2) is 34.4 Å². The van der Waals surface area contributed by atoms with Gasteiger partial charge >= 0.3 is 0 Å². The Morgan fingerprint density at radius 2 is 2.12 bits per heavy atom. The van der Waals surface area contributed by atoms with E-state index in [1.165, 1.54) is 11.8 Å². The van der Waals surface area contributed by atoms with Gasteiger partial charge in [-0.2, -0.15) is 4.98 Å². The Bertz CT molecular complexity index is 517. The Hall–Kier alpha value is -1.53. The maximum atomic E-state index is 5.76. The van der Waals surface area contributed by atoms with E-state index in [1.54, 1.807) is 25.4 Å². The Kier molecular flexibility index (Phi) is 3.65. The maximum Gasteiger partial charge on any atom is 0.223 e. The van der Waals surface area contributed by atoms with Gasteiger partial charge in [-0.05, 0) is 23.9 Å². The fourth-order valence-corrected chi connectivity index (χ4v) is 2.03. The Balaban J connectivity index is 2.23. The van der Waals surface area contributed by atoms with Crippen molar-refractivity contribution in [1.82, 2.24) is 15.0 Å². The van der Waals surface area contributed by atoms with Crippen LogP contribution in [0.4, 0.5) is 11.8 Å². The zero-order valence-corrected chi connectivity index (χ0v) is 10.6. The van der Waals surface area contributed by atoms with Crippen LogP contribution in [0.5, 0.6) is 0 Å². The van der Waals surface area contributed by atoms with Crippen LogP contribution < -0.4 is 11.1 Å². The first kappa shape index (κ1) is 11.9. The van der Waals surface area contributed by atoms with E-state index in [2.05, 4.69) is 20.3 Å². The number of nitrogen functional groups attached to an aromatic ring is 1. The molecule has 0 unspecified atom stereocenters. The molecule has 0 amide bonds. The number of hydrogen-bond acceptors (Lipinski definition) is 6. The molecule has 2 rings (SSSR count). The third-order valence-corrected chi connectivity index (χ3v) is 2.98. The summed E-state index contributed by atoms with van der Waals surface area (Å²) in [5.74, 6) is 0.905. The van der Waals surface area contributed by atoms with Crippen molar-refractivity contribution < 1.29 is 0 Å². The van der Waals surface area contributed by atoms with Gasteiger partial charge in [0.1, 0.15) is 15.9 Å². The second-order valence-electron chi connectivity index (χ2n) is 3.12. The van der Waals surface area contributed by atoms with E-state index in [0.29, 0.717) is 10.8 Å². The van der Waals surface area contributed by atoms with Crippen LogP contribution in [0.1, 0.15) is 0 Å². The van der Waals surface area contributed by atoms with E-state index in [9.17, 15) is 0 Å². The van der Waals surface area contributed by atoms with Crippen LogP contribution in [-0.4, -0.2) is 22.0 Å². The number of halogens is 1. The number of rotatable bonds is 3. The van der Waals surface area contributed by atoms with E-state index in [4.69, 9.17) is 17.3 Å². The van der Waals surface area contributed by atoms with Crippen molar-refractivity contribution in [3.05, 3.63) is 29.4 Å². The second kappa shape index (κ2) is 5.20. The minimum atomic E-state index is 0.230. The number of hydrogen-bond donors (Lipinski definition) is 2. The SMILES string of the molecule is CNc1cc(Sc2ccc(Cl)cn2)nc(N)n1. The number of nitrogens with zero attached hydrogens (tertiary/aromatic N) is 3. The molecule has 0 atom stereocenters. The predicted molar refractivity (Wildman–Crippen MR) is 69.4 cm³/mol. The summed E-state index contributed by atoms with van der Waals surface area (Å²) in [4.78, 5) is 12.3. The molecule has 0 fully saturated rings. The lowest BCUT2D eigenvalue weighted by Gasteiger charge is -2.04. The number of anilines is 2. The molecule has 0 aliphatic carbocycles. The van der Waals surface area contributed by atoms with Gasteiger partial charge in [0.2, 0.25) is 5.95 Å². The van der Waals surface area contributed by atoms with Gasteiger partial charge in [0.15, 0.2) is 0 Å². The molecule has 5 nitrogen and oxygen atoms in total. The highest BCUT2D eigenvalue weighted by molar-refractivity contribution is 7.99. The molecule has 0 saturated carbocycles. The smallest absolute Gasteiger partial charge is 0.223 e. The van der Waals surface area contributed by atoms with Gasteiger partial charge in [-0.3, -0.25) is 0 Å². The Morgan fingerprint density at radius 3 is 2.76 bits per heavy atom. The van der Waals surface area contributed by atoms with Crippen molar-refractivity contribution in [2.45, 2.75) is 10.1 Å². The number of nitrogens with two attached hydrogens (primary N) is 1. The summed E-state index contributed by atoms with van der Waals surface area (Å²) in [7, 11) is 1.77. The molecule has 0 radical (unpaired) electrons. The molecule has 17 heavy (non-hydrogen) atoms. The Labute approximate surface area is 108 Å². The highest BCUT2D eigenvalue weighted by atomic mass is 35.5. The largest absolute Gasteiger partial charge is 0.373 e. The van der Waals surface area contributed by atoms with Gasteiger partial charge in [0.05, 0.1) is 5.02 Å². The zero-order chi connectivity index (χ0) is 12.3. The van der Waals surface area contributed by atoms with Crippen LogP contribution in [0.25, 0.3) is 0 Å². The van der Waals surface area contributed by atoms with Crippen LogP contribution in [-0.2, 0) is 0 Å². The molecule has 0 aliphatic rings. The van der Waals surface area contributed by atoms with Crippen LogP contribution >= 0.6 is 23.4 Å². The number of aromatic nitrogens is 3. The van der Waals surface area contributed by atoms with Crippen LogP contribution in [0.2, 0.25) is 5.02 Å². The Morgan fingerprint density at radius 1 is 1.29 bits per heavy atom. The molecule has 0 aromatic carbocycles. The average molecular weight is 268 g/mol. The van der Waals surface area contributed by atoms with Gasteiger partial charge in [-0.25, -0.2) is 9.97 Å². The summed E-state index contributed by atoms with van der Waals surface area (Å²) in [6.45, 7) is 0. The summed E-state index contributed by atoms with van der Waals surface area (Å²) in [5.41, 5.74) is 5.60. The topological polar surface area (TPSA) is 76.7 Å². The molecule has 2 aromatic heterocycles. The zero-order valence-electron chi connectivity index (χ0n) is 9.01. The van der Waals surface area contributed by atoms with Gasteiger partial charge < -0.3 is 11.1 Å². The van der Waals surface area contributed by atoms with Crippen LogP contribution in [0, 0.1) is 0 Å². The predicted octanol–water partition coefficient (Wildman–Crippen LogP) is 2.30. The van der Waals surface area contributed by atoms with E-state index < -0.39 is 0 Å². The van der Waals surface area contributed by atoms with Gasteiger partial charge in [-0.15, -0.1) is 0 Å². The highest BCUT2D eigenvalue weighted by Gasteiger charge is 2.04. The van der Waals surface area contributed by atoms with E-state index in [-0.39, 0.29) is 5.95 Å². The molecule has 88 valence electrons. The summed E-state index contributed by atoms with van der Waals surface area (Å²) >= 11 is 7.16. The molecule has 0 aliphatic heterocycles. The summed E-state index contributed by atoms with van der Waals surface area (Å²) in [5, 5.41) is 5.05. The van der Waals surface area contributed by atoms with E-state index in [1.807, 2.05) is 6.07 Å². The first-order valence-electron chi connectivity index (χ1n) is 4.79. The molecular weight excluding hydrogens is 258 g/mol. The first-order chi connectivity index (χ1) is 8.17. The highest BCUT2D eigenvalue weighted by Crippen LogP contribution is 2.26. The maximum absolute atomic E-state index is 5.76. The lowest BCUT2D eigenvalue weighted by Crippen LogP contribution is -2.00. The normalized spacial score (nSPS) is 10.2. The third kappa shape index (κ3) is 3.21. The van der Waals surface area contributed by atoms with Crippen molar-refractivity contribution in [2.75, 3.05) is 18.1 Å². The molecule has 0 spiro atoms. The van der Waals surface area contributed by atoms with E-state index in [0.717, 1.165) is 10.1 Å². The van der Waals surface area contributed by atoms with E-state index >= 15 is 0 Å². The van der Waals surface area contributed by atoms with Gasteiger partial charge in [0, 0.05) is 19.3 Å². The fourth-order valence-electron chi connectivity index (χ4n) is 1.15. The molecule has 0 saturated heterocycles. The van der Waals surface area contributed by atoms with Crippen LogP contribution in [0.3, 0.4) is 0 Å². The molecule has 2 aromatic rings. The molecule has 7 heteroatoms. The monoisotopic (exact) mass is 267 g/mol. The molecular formula is C10H10ClN5S. The minimum Gasteiger partial charge on any atom is -0.373 e. The van der Waals surface area contributed by atoms with Crippen molar-refractivity contribution in [3.8, 4) is 0 Å². The lowest BCUT2D eigenvalue weighted by atomic mass is 10.5. The first-order valence-corrected chi connectivity index (χ1v) is 5.98. The number of pyridine rings is 1. The van der Waals surface area contributed by atoms with Crippen molar-refractivity contribution in [1.29, 1.82) is 0 Å². The summed E-state index contributed by atoms with van der Waals surface area (Å²) in [6, 6.07) is 5.40. The van der Waals surface area contributed by atoms with Crippen molar-refractivity contribution in [3.63, 3.8) is 0 Å². The molecule has 2 heterocycles. The minimum absolute atomic E-state index is 0.230. The average Bonchev–Trinajstić information content (AvgIpc) is 2.31. The second-order valence-corrected chi connectivity index (χ2v) is 4.59. The fraction of sp³-hybridized carbons (Fsp3) is 0.100. The van der Waals surface area contributed by atoms with Gasteiger partial charge in [-0.1, -0.05) is 11.6 Å². The van der Waals surface area contributed by atoms with Crippen molar-refractivity contribution in [2.24, 2.45) is 0 Å². The summed E-state index contributed by atoms with van der Waals surface area (Å²) in [6.07, 6.45) is 1.59. The summed E-state index contributed by atoms with van der Waals surface area (Å²) < 4.78 is 0.